The molecule has 0 bridgehead atoms. The number of rotatable bonds is 5. The standard InChI is InChI=1S/C8H15NO4/c1-6(9)8(11)13-5-3-4-12-7(2)10/h6H,3-5,9H2,1-2H3/t6-/m0/s1. The van der Waals surface area contributed by atoms with Crippen molar-refractivity contribution in [3.63, 3.8) is 0 Å². The molecule has 0 saturated carbocycles. The maximum atomic E-state index is 10.8. The summed E-state index contributed by atoms with van der Waals surface area (Å²) in [6.07, 6.45) is 0.498. The minimum Gasteiger partial charge on any atom is -0.466 e. The van der Waals surface area contributed by atoms with E-state index < -0.39 is 12.0 Å². The fraction of sp³-hybridized carbons (Fsp3) is 0.750. The van der Waals surface area contributed by atoms with Crippen molar-refractivity contribution in [2.24, 2.45) is 5.73 Å². The lowest BCUT2D eigenvalue weighted by Gasteiger charge is -2.06. The van der Waals surface area contributed by atoms with Crippen molar-refractivity contribution in [2.75, 3.05) is 13.2 Å². The van der Waals surface area contributed by atoms with Crippen molar-refractivity contribution in [1.29, 1.82) is 0 Å². The zero-order valence-corrected chi connectivity index (χ0v) is 7.91. The Balaban J connectivity index is 3.26. The topological polar surface area (TPSA) is 78.6 Å². The summed E-state index contributed by atoms with van der Waals surface area (Å²) in [4.78, 5) is 21.1. The third kappa shape index (κ3) is 7.27. The van der Waals surface area contributed by atoms with Gasteiger partial charge < -0.3 is 15.2 Å². The predicted molar refractivity (Wildman–Crippen MR) is 45.9 cm³/mol. The Labute approximate surface area is 77.2 Å². The van der Waals surface area contributed by atoms with Crippen molar-refractivity contribution in [1.82, 2.24) is 0 Å². The Morgan fingerprint density at radius 3 is 2.31 bits per heavy atom. The molecule has 0 aromatic carbocycles. The smallest absolute Gasteiger partial charge is 0.322 e. The number of carbonyl (C=O) groups excluding carboxylic acids is 2. The summed E-state index contributed by atoms with van der Waals surface area (Å²) in [5.41, 5.74) is 5.24. The molecule has 0 aliphatic heterocycles. The minimum absolute atomic E-state index is 0.230. The molecule has 5 nitrogen and oxygen atoms in total. The SMILES string of the molecule is CC(=O)OCCCOC(=O)[C@H](C)N. The van der Waals surface area contributed by atoms with Gasteiger partial charge in [0.1, 0.15) is 6.04 Å². The van der Waals surface area contributed by atoms with Crippen LogP contribution < -0.4 is 5.73 Å². The van der Waals surface area contributed by atoms with Crippen molar-refractivity contribution in [2.45, 2.75) is 26.3 Å². The Morgan fingerprint density at radius 1 is 1.31 bits per heavy atom. The van der Waals surface area contributed by atoms with Gasteiger partial charge in [-0.3, -0.25) is 9.59 Å². The van der Waals surface area contributed by atoms with Crippen LogP contribution >= 0.6 is 0 Å². The fourth-order valence-electron chi connectivity index (χ4n) is 0.579. The molecule has 5 heteroatoms. The zero-order chi connectivity index (χ0) is 10.3. The summed E-state index contributed by atoms with van der Waals surface area (Å²) in [7, 11) is 0. The molecular formula is C8H15NO4. The Morgan fingerprint density at radius 2 is 1.85 bits per heavy atom. The average molecular weight is 189 g/mol. The lowest BCUT2D eigenvalue weighted by Crippen LogP contribution is -2.29. The summed E-state index contributed by atoms with van der Waals surface area (Å²) in [5.74, 6) is -0.777. The van der Waals surface area contributed by atoms with Crippen LogP contribution in [0.4, 0.5) is 0 Å². The molecule has 0 heterocycles. The quantitative estimate of drug-likeness (QED) is 0.480. The molecule has 0 fully saturated rings. The first-order valence-corrected chi connectivity index (χ1v) is 4.09. The second-order valence-electron chi connectivity index (χ2n) is 2.65. The summed E-state index contributed by atoms with van der Waals surface area (Å²) >= 11 is 0. The third-order valence-electron chi connectivity index (χ3n) is 1.21. The largest absolute Gasteiger partial charge is 0.466 e. The van der Waals surface area contributed by atoms with Crippen LogP contribution in [-0.4, -0.2) is 31.2 Å². The van der Waals surface area contributed by atoms with E-state index in [0.29, 0.717) is 6.42 Å². The van der Waals surface area contributed by atoms with Crippen molar-refractivity contribution < 1.29 is 19.1 Å². The third-order valence-corrected chi connectivity index (χ3v) is 1.21. The van der Waals surface area contributed by atoms with Crippen LogP contribution in [0.15, 0.2) is 0 Å². The molecule has 1 atom stereocenters. The Bertz CT molecular complexity index is 179. The molecule has 2 N–H and O–H groups in total. The second kappa shape index (κ2) is 6.42. The monoisotopic (exact) mass is 189 g/mol. The van der Waals surface area contributed by atoms with Crippen LogP contribution in [0, 0.1) is 0 Å². The van der Waals surface area contributed by atoms with Gasteiger partial charge in [-0.25, -0.2) is 0 Å². The van der Waals surface area contributed by atoms with Gasteiger partial charge in [-0.05, 0) is 6.92 Å². The van der Waals surface area contributed by atoms with Gasteiger partial charge in [0.2, 0.25) is 0 Å². The highest BCUT2D eigenvalue weighted by Crippen LogP contribution is 1.89. The number of ether oxygens (including phenoxy) is 2. The molecule has 0 radical (unpaired) electrons. The van der Waals surface area contributed by atoms with Crippen molar-refractivity contribution in [3.05, 3.63) is 0 Å². The molecule has 0 spiro atoms. The average Bonchev–Trinajstić information content (AvgIpc) is 2.02. The zero-order valence-electron chi connectivity index (χ0n) is 7.91. The van der Waals surface area contributed by atoms with Crippen molar-refractivity contribution >= 4 is 11.9 Å². The van der Waals surface area contributed by atoms with Gasteiger partial charge in [-0.2, -0.15) is 0 Å². The van der Waals surface area contributed by atoms with Crippen LogP contribution in [0.25, 0.3) is 0 Å². The van der Waals surface area contributed by atoms with Gasteiger partial charge in [0, 0.05) is 13.3 Å². The van der Waals surface area contributed by atoms with E-state index in [9.17, 15) is 9.59 Å². The lowest BCUT2D eigenvalue weighted by molar-refractivity contribution is -0.146. The predicted octanol–water partition coefficient (Wildman–Crippen LogP) is -0.170. The van der Waals surface area contributed by atoms with Crippen LogP contribution in [0.2, 0.25) is 0 Å². The molecule has 76 valence electrons. The van der Waals surface area contributed by atoms with E-state index in [2.05, 4.69) is 4.74 Å². The molecule has 0 rings (SSSR count). The van der Waals surface area contributed by atoms with Crippen molar-refractivity contribution in [3.8, 4) is 0 Å². The maximum absolute atomic E-state index is 10.8. The molecule has 0 aromatic heterocycles. The van der Waals surface area contributed by atoms with Crippen LogP contribution in [0.3, 0.4) is 0 Å². The molecule has 0 unspecified atom stereocenters. The van der Waals surface area contributed by atoms with Gasteiger partial charge in [0.25, 0.3) is 0 Å². The normalized spacial score (nSPS) is 11.9. The first kappa shape index (κ1) is 11.9. The van der Waals surface area contributed by atoms with Crippen LogP contribution in [0.5, 0.6) is 0 Å². The highest BCUT2D eigenvalue weighted by atomic mass is 16.5. The van der Waals surface area contributed by atoms with E-state index in [1.54, 1.807) is 6.92 Å². The highest BCUT2D eigenvalue weighted by Gasteiger charge is 2.07. The Hall–Kier alpha value is -1.10. The van der Waals surface area contributed by atoms with Crippen LogP contribution in [0.1, 0.15) is 20.3 Å². The number of nitrogens with two attached hydrogens (primary N) is 1. The first-order chi connectivity index (χ1) is 6.04. The molecule has 0 saturated heterocycles. The van der Waals surface area contributed by atoms with Gasteiger partial charge in [0.15, 0.2) is 0 Å². The Kier molecular flexibility index (Phi) is 5.88. The summed E-state index contributed by atoms with van der Waals surface area (Å²) in [6, 6.07) is -0.603. The summed E-state index contributed by atoms with van der Waals surface area (Å²) in [5, 5.41) is 0. The molecule has 13 heavy (non-hydrogen) atoms. The van der Waals surface area contributed by atoms with E-state index in [1.165, 1.54) is 6.92 Å². The summed E-state index contributed by atoms with van der Waals surface area (Å²) in [6.45, 7) is 3.37. The minimum atomic E-state index is -0.603. The van der Waals surface area contributed by atoms with Gasteiger partial charge in [-0.1, -0.05) is 0 Å². The van der Waals surface area contributed by atoms with E-state index in [4.69, 9.17) is 10.5 Å². The molecule has 0 aromatic rings. The van der Waals surface area contributed by atoms with E-state index in [0.717, 1.165) is 0 Å². The first-order valence-electron chi connectivity index (χ1n) is 4.09. The second-order valence-corrected chi connectivity index (χ2v) is 2.65. The molecular weight excluding hydrogens is 174 g/mol. The number of carbonyl (C=O) groups is 2. The fourth-order valence-corrected chi connectivity index (χ4v) is 0.579. The van der Waals surface area contributed by atoms with Gasteiger partial charge >= 0.3 is 11.9 Å². The van der Waals surface area contributed by atoms with E-state index >= 15 is 0 Å². The van der Waals surface area contributed by atoms with E-state index in [-0.39, 0.29) is 19.2 Å². The summed E-state index contributed by atoms with van der Waals surface area (Å²) < 4.78 is 9.35. The van der Waals surface area contributed by atoms with Gasteiger partial charge in [-0.15, -0.1) is 0 Å². The number of hydrogen-bond donors (Lipinski definition) is 1. The lowest BCUT2D eigenvalue weighted by atomic mass is 10.4. The number of hydrogen-bond acceptors (Lipinski definition) is 5. The van der Waals surface area contributed by atoms with Crippen LogP contribution in [-0.2, 0) is 19.1 Å². The highest BCUT2D eigenvalue weighted by molar-refractivity contribution is 5.74. The molecule has 0 aliphatic rings. The maximum Gasteiger partial charge on any atom is 0.322 e. The van der Waals surface area contributed by atoms with E-state index in [1.807, 2.05) is 0 Å². The number of esters is 2. The molecule has 0 amide bonds. The van der Waals surface area contributed by atoms with Gasteiger partial charge in [0.05, 0.1) is 13.2 Å². The molecule has 0 aliphatic carbocycles.